The van der Waals surface area contributed by atoms with E-state index in [4.69, 9.17) is 4.74 Å². The minimum absolute atomic E-state index is 0.191. The van der Waals surface area contributed by atoms with Crippen LogP contribution in [-0.4, -0.2) is 12.9 Å². The quantitative estimate of drug-likeness (QED) is 0.838. The summed E-state index contributed by atoms with van der Waals surface area (Å²) >= 11 is 0. The number of ether oxygens (including phenoxy) is 1. The highest BCUT2D eigenvalue weighted by Crippen LogP contribution is 2.38. The zero-order valence-corrected chi connectivity index (χ0v) is 13.0. The maximum absolute atomic E-state index is 12.7. The van der Waals surface area contributed by atoms with Crippen LogP contribution in [0, 0.1) is 0 Å². The van der Waals surface area contributed by atoms with E-state index in [1.54, 1.807) is 7.11 Å². The largest absolute Gasteiger partial charge is 0.497 e. The Balaban J connectivity index is 1.89. The van der Waals surface area contributed by atoms with E-state index in [2.05, 4.69) is 0 Å². The molecule has 0 radical (unpaired) electrons. The molecule has 3 rings (SSSR count). The van der Waals surface area contributed by atoms with E-state index in [0.717, 1.165) is 35.3 Å². The average Bonchev–Trinajstić information content (AvgIpc) is 2.58. The summed E-state index contributed by atoms with van der Waals surface area (Å²) < 4.78 is 5.18. The summed E-state index contributed by atoms with van der Waals surface area (Å²) in [5.74, 6) is 1.02. The predicted octanol–water partition coefficient (Wildman–Crippen LogP) is 4.40. The summed E-state index contributed by atoms with van der Waals surface area (Å²) in [6.07, 6.45) is 3.56. The molecule has 112 valence electrons. The van der Waals surface area contributed by atoms with Gasteiger partial charge in [0.25, 0.3) is 0 Å². The smallest absolute Gasteiger partial charge is 0.166 e. The molecule has 2 aromatic rings. The van der Waals surface area contributed by atoms with Crippen LogP contribution in [0.3, 0.4) is 0 Å². The van der Waals surface area contributed by atoms with Crippen molar-refractivity contribution in [3.8, 4) is 5.75 Å². The Morgan fingerprint density at radius 1 is 1.00 bits per heavy atom. The van der Waals surface area contributed by atoms with Crippen LogP contribution in [-0.2, 0) is 10.2 Å². The molecule has 0 saturated heterocycles. The third-order valence-electron chi connectivity index (χ3n) is 4.62. The van der Waals surface area contributed by atoms with E-state index in [1.807, 2.05) is 67.6 Å². The third-order valence-corrected chi connectivity index (χ3v) is 4.62. The fraction of sp³-hybridized carbons (Fsp3) is 0.250. The molecular weight excluding hydrogens is 272 g/mol. The molecule has 0 N–H and O–H groups in total. The molecule has 2 aromatic carbocycles. The molecule has 0 aliphatic heterocycles. The van der Waals surface area contributed by atoms with Crippen molar-refractivity contribution in [1.29, 1.82) is 0 Å². The lowest BCUT2D eigenvalue weighted by molar-refractivity contribution is -0.119. The van der Waals surface area contributed by atoms with E-state index in [-0.39, 0.29) is 5.78 Å². The van der Waals surface area contributed by atoms with Gasteiger partial charge in [-0.15, -0.1) is 0 Å². The van der Waals surface area contributed by atoms with E-state index in [1.165, 1.54) is 0 Å². The minimum atomic E-state index is -0.406. The standard InChI is InChI=1S/C20H20O2/c1-20(17-6-4-3-5-7-17)13-12-16(14-19(20)21)15-8-10-18(22-2)11-9-15/h3-11,14H,12-13H2,1-2H3. The van der Waals surface area contributed by atoms with E-state index >= 15 is 0 Å². The van der Waals surface area contributed by atoms with E-state index in [0.29, 0.717) is 0 Å². The average molecular weight is 292 g/mol. The minimum Gasteiger partial charge on any atom is -0.497 e. The van der Waals surface area contributed by atoms with Gasteiger partial charge in [0.05, 0.1) is 12.5 Å². The van der Waals surface area contributed by atoms with Crippen molar-refractivity contribution in [2.24, 2.45) is 0 Å². The molecule has 0 spiro atoms. The van der Waals surface area contributed by atoms with Gasteiger partial charge >= 0.3 is 0 Å². The summed E-state index contributed by atoms with van der Waals surface area (Å²) in [6.45, 7) is 2.05. The number of hydrogen-bond acceptors (Lipinski definition) is 2. The Morgan fingerprint density at radius 3 is 2.27 bits per heavy atom. The van der Waals surface area contributed by atoms with Crippen molar-refractivity contribution < 1.29 is 9.53 Å². The number of ketones is 1. The van der Waals surface area contributed by atoms with Gasteiger partial charge in [0.15, 0.2) is 5.78 Å². The first-order chi connectivity index (χ1) is 10.6. The van der Waals surface area contributed by atoms with Crippen molar-refractivity contribution >= 4 is 11.4 Å². The number of carbonyl (C=O) groups excluding carboxylic acids is 1. The molecule has 2 nitrogen and oxygen atoms in total. The second kappa shape index (κ2) is 5.80. The molecule has 1 aliphatic rings. The molecule has 0 saturated carbocycles. The van der Waals surface area contributed by atoms with Gasteiger partial charge in [0.1, 0.15) is 5.75 Å². The molecule has 0 amide bonds. The summed E-state index contributed by atoms with van der Waals surface area (Å²) in [4.78, 5) is 12.7. The first-order valence-corrected chi connectivity index (χ1v) is 7.58. The second-order valence-corrected chi connectivity index (χ2v) is 5.96. The predicted molar refractivity (Wildman–Crippen MR) is 89.0 cm³/mol. The lowest BCUT2D eigenvalue weighted by atomic mass is 9.70. The molecular formula is C20H20O2. The van der Waals surface area contributed by atoms with Crippen LogP contribution in [0.15, 0.2) is 60.7 Å². The second-order valence-electron chi connectivity index (χ2n) is 5.96. The number of hydrogen-bond donors (Lipinski definition) is 0. The van der Waals surface area contributed by atoms with Gasteiger partial charge < -0.3 is 4.74 Å². The number of carbonyl (C=O) groups is 1. The zero-order chi connectivity index (χ0) is 15.6. The van der Waals surface area contributed by atoms with E-state index in [9.17, 15) is 4.79 Å². The van der Waals surface area contributed by atoms with Gasteiger partial charge in [-0.25, -0.2) is 0 Å². The van der Waals surface area contributed by atoms with Gasteiger partial charge in [-0.05, 0) is 54.7 Å². The Hall–Kier alpha value is -2.35. The van der Waals surface area contributed by atoms with Crippen LogP contribution < -0.4 is 4.74 Å². The monoisotopic (exact) mass is 292 g/mol. The van der Waals surface area contributed by atoms with Crippen molar-refractivity contribution in [1.82, 2.24) is 0 Å². The number of rotatable bonds is 3. The Labute approximate surface area is 131 Å². The topological polar surface area (TPSA) is 26.3 Å². The Kier molecular flexibility index (Phi) is 3.84. The molecule has 1 unspecified atom stereocenters. The van der Waals surface area contributed by atoms with Crippen LogP contribution in [0.25, 0.3) is 5.57 Å². The van der Waals surface area contributed by atoms with Crippen LogP contribution in [0.4, 0.5) is 0 Å². The first kappa shape index (κ1) is 14.6. The van der Waals surface area contributed by atoms with Gasteiger partial charge in [-0.3, -0.25) is 4.79 Å². The first-order valence-electron chi connectivity index (χ1n) is 7.58. The Morgan fingerprint density at radius 2 is 1.68 bits per heavy atom. The lowest BCUT2D eigenvalue weighted by Gasteiger charge is -2.32. The maximum Gasteiger partial charge on any atom is 0.166 e. The summed E-state index contributed by atoms with van der Waals surface area (Å²) in [7, 11) is 1.66. The maximum atomic E-state index is 12.7. The zero-order valence-electron chi connectivity index (χ0n) is 13.0. The fourth-order valence-corrected chi connectivity index (χ4v) is 3.02. The van der Waals surface area contributed by atoms with Crippen molar-refractivity contribution in [2.75, 3.05) is 7.11 Å². The van der Waals surface area contributed by atoms with Crippen molar-refractivity contribution in [2.45, 2.75) is 25.2 Å². The highest BCUT2D eigenvalue weighted by molar-refractivity contribution is 6.05. The van der Waals surface area contributed by atoms with Crippen LogP contribution >= 0.6 is 0 Å². The normalized spacial score (nSPS) is 21.4. The molecule has 0 bridgehead atoms. The SMILES string of the molecule is COc1ccc(C2=CC(=O)C(C)(c3ccccc3)CC2)cc1. The molecule has 0 fully saturated rings. The van der Waals surface area contributed by atoms with Gasteiger partial charge in [-0.1, -0.05) is 42.5 Å². The Bertz CT molecular complexity index is 698. The third kappa shape index (κ3) is 2.57. The van der Waals surface area contributed by atoms with Crippen LogP contribution in [0.2, 0.25) is 0 Å². The molecule has 0 aromatic heterocycles. The molecule has 1 atom stereocenters. The molecule has 22 heavy (non-hydrogen) atoms. The van der Waals surface area contributed by atoms with Crippen molar-refractivity contribution in [3.63, 3.8) is 0 Å². The molecule has 2 heteroatoms. The molecule has 0 heterocycles. The summed E-state index contributed by atoms with van der Waals surface area (Å²) in [5, 5.41) is 0. The molecule has 1 aliphatic carbocycles. The van der Waals surface area contributed by atoms with Gasteiger partial charge in [0, 0.05) is 0 Å². The number of methoxy groups -OCH3 is 1. The highest BCUT2D eigenvalue weighted by atomic mass is 16.5. The van der Waals surface area contributed by atoms with Gasteiger partial charge in [-0.2, -0.15) is 0 Å². The van der Waals surface area contributed by atoms with Crippen LogP contribution in [0.1, 0.15) is 30.9 Å². The fourth-order valence-electron chi connectivity index (χ4n) is 3.02. The highest BCUT2D eigenvalue weighted by Gasteiger charge is 2.36. The van der Waals surface area contributed by atoms with E-state index < -0.39 is 5.41 Å². The van der Waals surface area contributed by atoms with Gasteiger partial charge in [0.2, 0.25) is 0 Å². The summed E-state index contributed by atoms with van der Waals surface area (Å²) in [6, 6.07) is 18.0. The lowest BCUT2D eigenvalue weighted by Crippen LogP contribution is -2.34. The summed E-state index contributed by atoms with van der Waals surface area (Å²) in [5.41, 5.74) is 2.91. The van der Waals surface area contributed by atoms with Crippen LogP contribution in [0.5, 0.6) is 5.75 Å². The number of allylic oxidation sites excluding steroid dienone is 2. The van der Waals surface area contributed by atoms with Crippen molar-refractivity contribution in [3.05, 3.63) is 71.8 Å². The number of benzene rings is 2.